The second-order valence-corrected chi connectivity index (χ2v) is 14.7. The van der Waals surface area contributed by atoms with Gasteiger partial charge < -0.3 is 0 Å². The van der Waals surface area contributed by atoms with Gasteiger partial charge in [0.05, 0.1) is 39.5 Å². The lowest BCUT2D eigenvalue weighted by atomic mass is 10.1. The van der Waals surface area contributed by atoms with Crippen LogP contribution in [0.4, 0.5) is 23.3 Å². The highest BCUT2D eigenvalue weighted by atomic mass is 31.2. The molecular weight excluding hydrogens is 659 g/mol. The average molecular weight is 691 g/mol. The molecule has 7 nitrogen and oxygen atoms in total. The van der Waals surface area contributed by atoms with E-state index in [9.17, 15) is 0 Å². The molecular formula is C44H31N6OP. The number of fused-ring (bicyclic) bond motifs is 1. The summed E-state index contributed by atoms with van der Waals surface area (Å²) in [5, 5.41) is 0.594. The van der Waals surface area contributed by atoms with E-state index in [1.54, 1.807) is 9.34 Å². The van der Waals surface area contributed by atoms with Crippen molar-refractivity contribution in [3.8, 4) is 45.0 Å². The van der Waals surface area contributed by atoms with Gasteiger partial charge in [-0.05, 0) is 36.4 Å². The van der Waals surface area contributed by atoms with Crippen molar-refractivity contribution >= 4 is 36.0 Å². The molecule has 0 aliphatic carbocycles. The molecule has 9 rings (SSSR count). The van der Waals surface area contributed by atoms with E-state index in [0.29, 0.717) is 51.4 Å². The average Bonchev–Trinajstić information content (AvgIpc) is 3.51. The summed E-state index contributed by atoms with van der Waals surface area (Å²) in [5.74, 6) is 0.620. The molecule has 0 unspecified atom stereocenters. The number of anilines is 4. The number of para-hydroxylation sites is 2. The van der Waals surface area contributed by atoms with E-state index in [0.717, 1.165) is 22.3 Å². The van der Waals surface area contributed by atoms with E-state index in [2.05, 4.69) is 0 Å². The molecule has 1 aliphatic rings. The standard InChI is InChI=1S/C44H31N6OP/c51-52(36-26-14-5-15-27-36)49(43-45-37(32-18-6-1-7-19-32)30-38(46-43)33-20-8-2-9-21-33)41-28-16-17-29-42(41)50(52)44-47-39(34-22-10-3-11-23-34)31-40(48-44)35-24-12-4-13-25-35/h1-31H. The van der Waals surface area contributed by atoms with Crippen molar-refractivity contribution in [2.24, 2.45) is 0 Å². The Kier molecular flexibility index (Phi) is 7.95. The van der Waals surface area contributed by atoms with Crippen molar-refractivity contribution in [1.29, 1.82) is 0 Å². The van der Waals surface area contributed by atoms with E-state index in [1.165, 1.54) is 0 Å². The topological polar surface area (TPSA) is 75.1 Å². The van der Waals surface area contributed by atoms with Gasteiger partial charge >= 0.3 is 7.44 Å². The Bertz CT molecular complexity index is 2280. The van der Waals surface area contributed by atoms with Gasteiger partial charge in [0.1, 0.15) is 0 Å². The van der Waals surface area contributed by atoms with E-state index < -0.39 is 7.44 Å². The number of aromatic nitrogens is 4. The predicted octanol–water partition coefficient (Wildman–Crippen LogP) is 10.7. The summed E-state index contributed by atoms with van der Waals surface area (Å²) in [4.78, 5) is 20.7. The molecule has 0 atom stereocenters. The van der Waals surface area contributed by atoms with Crippen LogP contribution in [0, 0.1) is 0 Å². The van der Waals surface area contributed by atoms with Gasteiger partial charge in [0, 0.05) is 22.3 Å². The zero-order valence-corrected chi connectivity index (χ0v) is 28.8. The normalized spacial score (nSPS) is 13.2. The molecule has 8 heteroatoms. The molecule has 0 spiro atoms. The van der Waals surface area contributed by atoms with Gasteiger partial charge in [-0.25, -0.2) is 29.3 Å². The largest absolute Gasteiger partial charge is 0.306 e. The second kappa shape index (κ2) is 13.2. The molecule has 0 saturated heterocycles. The fourth-order valence-electron chi connectivity index (χ4n) is 6.60. The van der Waals surface area contributed by atoms with Crippen LogP contribution in [0.15, 0.2) is 188 Å². The van der Waals surface area contributed by atoms with E-state index in [-0.39, 0.29) is 0 Å². The number of rotatable bonds is 7. The van der Waals surface area contributed by atoms with Crippen molar-refractivity contribution in [2.75, 3.05) is 9.34 Å². The smallest absolute Gasteiger partial charge is 0.269 e. The van der Waals surface area contributed by atoms with Crippen LogP contribution in [-0.2, 0) is 4.57 Å². The molecule has 0 fully saturated rings. The lowest BCUT2D eigenvalue weighted by Crippen LogP contribution is -2.28. The first-order chi connectivity index (χ1) is 25.7. The SMILES string of the molecule is O=P1(c2ccccc2)N(c2nc(-c3ccccc3)cc(-c3ccccc3)n2)c2ccccc2N1c1nc(-c2ccccc2)cc(-c2ccccc2)n1. The number of hydrogen-bond acceptors (Lipinski definition) is 5. The van der Waals surface area contributed by atoms with Gasteiger partial charge in [-0.2, -0.15) is 0 Å². The van der Waals surface area contributed by atoms with E-state index in [4.69, 9.17) is 19.9 Å². The van der Waals surface area contributed by atoms with Crippen LogP contribution in [0.5, 0.6) is 0 Å². The Morgan fingerprint density at radius 1 is 0.346 bits per heavy atom. The molecule has 0 bridgehead atoms. The van der Waals surface area contributed by atoms with Crippen LogP contribution in [0.25, 0.3) is 45.0 Å². The Morgan fingerprint density at radius 2 is 0.615 bits per heavy atom. The summed E-state index contributed by atoms with van der Waals surface area (Å²) in [6.07, 6.45) is 0. The van der Waals surface area contributed by atoms with Crippen molar-refractivity contribution in [1.82, 2.24) is 19.9 Å². The zero-order valence-electron chi connectivity index (χ0n) is 27.9. The van der Waals surface area contributed by atoms with Gasteiger partial charge in [-0.3, -0.25) is 4.57 Å². The van der Waals surface area contributed by atoms with Gasteiger partial charge in [-0.1, -0.05) is 152 Å². The van der Waals surface area contributed by atoms with E-state index in [1.807, 2.05) is 188 Å². The Morgan fingerprint density at radius 3 is 0.923 bits per heavy atom. The molecule has 52 heavy (non-hydrogen) atoms. The van der Waals surface area contributed by atoms with Crippen molar-refractivity contribution in [3.05, 3.63) is 188 Å². The Labute approximate surface area is 302 Å². The maximum Gasteiger partial charge on any atom is 0.306 e. The minimum Gasteiger partial charge on any atom is -0.269 e. The third-order valence-corrected chi connectivity index (χ3v) is 11.9. The number of hydrogen-bond donors (Lipinski definition) is 0. The summed E-state index contributed by atoms with van der Waals surface area (Å²) in [6.45, 7) is 0. The van der Waals surface area contributed by atoms with Gasteiger partial charge in [0.25, 0.3) is 0 Å². The maximum absolute atomic E-state index is 16.6. The molecule has 8 aromatic rings. The van der Waals surface area contributed by atoms with Crippen molar-refractivity contribution in [3.63, 3.8) is 0 Å². The zero-order chi connectivity index (χ0) is 34.9. The molecule has 0 N–H and O–H groups in total. The van der Waals surface area contributed by atoms with Crippen LogP contribution < -0.4 is 14.6 Å². The lowest BCUT2D eigenvalue weighted by Gasteiger charge is -2.31. The molecule has 0 radical (unpaired) electrons. The molecule has 3 heterocycles. The highest BCUT2D eigenvalue weighted by Crippen LogP contribution is 2.69. The molecule has 6 aromatic carbocycles. The minimum absolute atomic E-state index is 0.310. The lowest BCUT2D eigenvalue weighted by molar-refractivity contribution is 0.581. The van der Waals surface area contributed by atoms with Crippen LogP contribution in [-0.4, -0.2) is 19.9 Å². The van der Waals surface area contributed by atoms with Crippen molar-refractivity contribution < 1.29 is 4.57 Å². The number of benzene rings is 6. The van der Waals surface area contributed by atoms with Crippen LogP contribution >= 0.6 is 7.44 Å². The molecule has 248 valence electrons. The molecule has 0 saturated carbocycles. The van der Waals surface area contributed by atoms with Crippen molar-refractivity contribution in [2.45, 2.75) is 0 Å². The van der Waals surface area contributed by atoms with Crippen LogP contribution in [0.2, 0.25) is 0 Å². The first kappa shape index (κ1) is 31.3. The first-order valence-electron chi connectivity index (χ1n) is 17.0. The third-order valence-electron chi connectivity index (χ3n) is 9.06. The molecule has 0 amide bonds. The highest BCUT2D eigenvalue weighted by Gasteiger charge is 2.51. The van der Waals surface area contributed by atoms with Crippen LogP contribution in [0.3, 0.4) is 0 Å². The molecule has 1 aliphatic heterocycles. The minimum atomic E-state index is -3.90. The fourth-order valence-corrected chi connectivity index (χ4v) is 9.39. The summed E-state index contributed by atoms with van der Waals surface area (Å²) in [6, 6.07) is 61.3. The van der Waals surface area contributed by atoms with Gasteiger partial charge in [-0.15, -0.1) is 0 Å². The highest BCUT2D eigenvalue weighted by molar-refractivity contribution is 7.76. The second-order valence-electron chi connectivity index (χ2n) is 12.3. The van der Waals surface area contributed by atoms with E-state index >= 15 is 4.57 Å². The Balaban J connectivity index is 1.33. The summed E-state index contributed by atoms with van der Waals surface area (Å²) in [5.41, 5.74) is 7.94. The number of nitrogens with zero attached hydrogens (tertiary/aromatic N) is 6. The summed E-state index contributed by atoms with van der Waals surface area (Å²) in [7, 11) is -3.90. The van der Waals surface area contributed by atoms with Gasteiger partial charge in [0.2, 0.25) is 11.9 Å². The van der Waals surface area contributed by atoms with Crippen LogP contribution in [0.1, 0.15) is 0 Å². The predicted molar refractivity (Wildman–Crippen MR) is 210 cm³/mol. The monoisotopic (exact) mass is 690 g/mol. The fraction of sp³-hybridized carbons (Fsp3) is 0. The summed E-state index contributed by atoms with van der Waals surface area (Å²) >= 11 is 0. The first-order valence-corrected chi connectivity index (χ1v) is 18.6. The quantitative estimate of drug-likeness (QED) is 0.154. The molecule has 2 aromatic heterocycles. The summed E-state index contributed by atoms with van der Waals surface area (Å²) < 4.78 is 20.2. The third kappa shape index (κ3) is 5.54. The van der Waals surface area contributed by atoms with Gasteiger partial charge in [0.15, 0.2) is 0 Å². The maximum atomic E-state index is 16.6. The Hall–Kier alpha value is -6.69.